The van der Waals surface area contributed by atoms with E-state index in [2.05, 4.69) is 33.8 Å². The van der Waals surface area contributed by atoms with E-state index in [1.54, 1.807) is 0 Å². The van der Waals surface area contributed by atoms with Gasteiger partial charge in [-0.25, -0.2) is 0 Å². The minimum atomic E-state index is -0.0970. The first-order valence-electron chi connectivity index (χ1n) is 5.54. The number of hydrogen-bond donors (Lipinski definition) is 0. The van der Waals surface area contributed by atoms with Crippen LogP contribution in [0.2, 0.25) is 0 Å². The molecule has 0 aromatic heterocycles. The van der Waals surface area contributed by atoms with Crippen LogP contribution in [0.3, 0.4) is 0 Å². The Morgan fingerprint density at radius 1 is 1.33 bits per heavy atom. The first kappa shape index (κ1) is 14.2. The Morgan fingerprint density at radius 3 is 2.27 bits per heavy atom. The third-order valence-corrected chi connectivity index (χ3v) is 1.86. The molecule has 0 fully saturated rings. The molecular weight excluding hydrogens is 188 g/mol. The molecule has 0 bridgehead atoms. The number of rotatable bonds is 5. The number of ether oxygens (including phenoxy) is 1. The second-order valence-corrected chi connectivity index (χ2v) is 5.47. The van der Waals surface area contributed by atoms with Crippen LogP contribution in [0.5, 0.6) is 0 Å². The zero-order chi connectivity index (χ0) is 12.1. The molecule has 0 aromatic carbocycles. The molecule has 0 unspecified atom stereocenters. The van der Waals surface area contributed by atoms with Crippen LogP contribution < -0.4 is 0 Å². The van der Waals surface area contributed by atoms with Crippen molar-refractivity contribution in [1.82, 2.24) is 0 Å². The van der Waals surface area contributed by atoms with E-state index in [-0.39, 0.29) is 11.4 Å². The van der Waals surface area contributed by atoms with Crippen LogP contribution in [-0.2, 0) is 9.53 Å². The average molecular weight is 212 g/mol. The van der Waals surface area contributed by atoms with E-state index < -0.39 is 0 Å². The van der Waals surface area contributed by atoms with Crippen molar-refractivity contribution < 1.29 is 9.53 Å². The van der Waals surface area contributed by atoms with Gasteiger partial charge in [0.05, 0.1) is 6.61 Å². The summed E-state index contributed by atoms with van der Waals surface area (Å²) >= 11 is 0. The third kappa shape index (κ3) is 8.22. The SMILES string of the molecule is CC(C)=CC(C)(C)COC(=O)CC(C)C. The lowest BCUT2D eigenvalue weighted by atomic mass is 9.92. The van der Waals surface area contributed by atoms with Crippen molar-refractivity contribution in [1.29, 1.82) is 0 Å². The lowest BCUT2D eigenvalue weighted by Crippen LogP contribution is -2.20. The summed E-state index contributed by atoms with van der Waals surface area (Å²) < 4.78 is 5.24. The fourth-order valence-electron chi connectivity index (χ4n) is 1.48. The number of carbonyl (C=O) groups is 1. The highest BCUT2D eigenvalue weighted by Crippen LogP contribution is 2.20. The van der Waals surface area contributed by atoms with Gasteiger partial charge in [0.25, 0.3) is 0 Å². The molecule has 15 heavy (non-hydrogen) atoms. The van der Waals surface area contributed by atoms with Gasteiger partial charge < -0.3 is 4.74 Å². The standard InChI is InChI=1S/C13H24O2/c1-10(2)7-12(14)15-9-13(5,6)8-11(3)4/h8,10H,7,9H2,1-6H3. The molecule has 2 nitrogen and oxygen atoms in total. The van der Waals surface area contributed by atoms with E-state index in [1.165, 1.54) is 5.57 Å². The third-order valence-electron chi connectivity index (χ3n) is 1.86. The fraction of sp³-hybridized carbons (Fsp3) is 0.769. The van der Waals surface area contributed by atoms with Gasteiger partial charge in [-0.05, 0) is 19.8 Å². The monoisotopic (exact) mass is 212 g/mol. The first-order valence-corrected chi connectivity index (χ1v) is 5.54. The van der Waals surface area contributed by atoms with Crippen molar-refractivity contribution in [2.45, 2.75) is 48.0 Å². The molecule has 0 saturated heterocycles. The predicted octanol–water partition coefficient (Wildman–Crippen LogP) is 3.57. The number of esters is 1. The highest BCUT2D eigenvalue weighted by atomic mass is 16.5. The summed E-state index contributed by atoms with van der Waals surface area (Å²) in [6, 6.07) is 0. The summed E-state index contributed by atoms with van der Waals surface area (Å²) in [5.41, 5.74) is 1.19. The first-order chi connectivity index (χ1) is 6.73. The minimum absolute atomic E-state index is 0.0640. The van der Waals surface area contributed by atoms with E-state index in [1.807, 2.05) is 13.8 Å². The summed E-state index contributed by atoms with van der Waals surface area (Å²) in [6.07, 6.45) is 2.64. The number of hydrogen-bond acceptors (Lipinski definition) is 2. The van der Waals surface area contributed by atoms with Crippen LogP contribution in [0.15, 0.2) is 11.6 Å². The van der Waals surface area contributed by atoms with E-state index >= 15 is 0 Å². The summed E-state index contributed by atoms with van der Waals surface area (Å²) in [5.74, 6) is 0.268. The maximum atomic E-state index is 11.3. The minimum Gasteiger partial charge on any atom is -0.465 e. The molecule has 0 aliphatic carbocycles. The second kappa shape index (κ2) is 5.94. The summed E-state index contributed by atoms with van der Waals surface area (Å²) in [4.78, 5) is 11.3. The van der Waals surface area contributed by atoms with Crippen LogP contribution >= 0.6 is 0 Å². The molecule has 0 N–H and O–H groups in total. The Kier molecular flexibility index (Phi) is 5.63. The van der Waals surface area contributed by atoms with Gasteiger partial charge in [-0.3, -0.25) is 4.79 Å². The Bertz CT molecular complexity index is 233. The Balaban J connectivity index is 4.04. The van der Waals surface area contributed by atoms with Gasteiger partial charge >= 0.3 is 5.97 Å². The summed E-state index contributed by atoms with van der Waals surface area (Å²) in [6.45, 7) is 12.7. The number of carbonyl (C=O) groups excluding carboxylic acids is 1. The second-order valence-electron chi connectivity index (χ2n) is 5.47. The van der Waals surface area contributed by atoms with Crippen LogP contribution in [0.4, 0.5) is 0 Å². The van der Waals surface area contributed by atoms with Gasteiger partial charge in [0, 0.05) is 11.8 Å². The van der Waals surface area contributed by atoms with Gasteiger partial charge in [0.15, 0.2) is 0 Å². The molecular formula is C13H24O2. The molecule has 0 aliphatic heterocycles. The predicted molar refractivity (Wildman–Crippen MR) is 63.6 cm³/mol. The van der Waals surface area contributed by atoms with Crippen LogP contribution in [0.1, 0.15) is 48.0 Å². The lowest BCUT2D eigenvalue weighted by Gasteiger charge is -2.21. The smallest absolute Gasteiger partial charge is 0.306 e. The highest BCUT2D eigenvalue weighted by Gasteiger charge is 2.17. The van der Waals surface area contributed by atoms with E-state index in [0.29, 0.717) is 18.9 Å². The van der Waals surface area contributed by atoms with E-state index in [4.69, 9.17) is 4.74 Å². The summed E-state index contributed by atoms with van der Waals surface area (Å²) in [7, 11) is 0. The fourth-order valence-corrected chi connectivity index (χ4v) is 1.48. The van der Waals surface area contributed by atoms with Crippen LogP contribution in [0, 0.1) is 11.3 Å². The summed E-state index contributed by atoms with van der Waals surface area (Å²) in [5, 5.41) is 0. The zero-order valence-electron chi connectivity index (χ0n) is 10.9. The van der Waals surface area contributed by atoms with Crippen molar-refractivity contribution in [3.05, 3.63) is 11.6 Å². The van der Waals surface area contributed by atoms with Crippen molar-refractivity contribution in [3.8, 4) is 0 Å². The van der Waals surface area contributed by atoms with Crippen molar-refractivity contribution in [2.75, 3.05) is 6.61 Å². The maximum Gasteiger partial charge on any atom is 0.306 e. The Hall–Kier alpha value is -0.790. The largest absolute Gasteiger partial charge is 0.465 e. The van der Waals surface area contributed by atoms with Gasteiger partial charge in [-0.2, -0.15) is 0 Å². The number of allylic oxidation sites excluding steroid dienone is 1. The van der Waals surface area contributed by atoms with E-state index in [9.17, 15) is 4.79 Å². The zero-order valence-corrected chi connectivity index (χ0v) is 10.9. The van der Waals surface area contributed by atoms with E-state index in [0.717, 1.165) is 0 Å². The maximum absolute atomic E-state index is 11.3. The molecule has 0 atom stereocenters. The molecule has 0 aromatic rings. The quantitative estimate of drug-likeness (QED) is 0.514. The molecule has 0 saturated carbocycles. The molecule has 0 heterocycles. The average Bonchev–Trinajstić information content (AvgIpc) is 1.97. The van der Waals surface area contributed by atoms with Gasteiger partial charge in [0.1, 0.15) is 0 Å². The van der Waals surface area contributed by atoms with Gasteiger partial charge in [0.2, 0.25) is 0 Å². The Labute approximate surface area is 93.7 Å². The van der Waals surface area contributed by atoms with Crippen LogP contribution in [0.25, 0.3) is 0 Å². The topological polar surface area (TPSA) is 26.3 Å². The molecule has 2 heteroatoms. The molecule has 0 amide bonds. The van der Waals surface area contributed by atoms with Crippen LogP contribution in [-0.4, -0.2) is 12.6 Å². The van der Waals surface area contributed by atoms with Gasteiger partial charge in [-0.1, -0.05) is 39.3 Å². The molecule has 88 valence electrons. The van der Waals surface area contributed by atoms with Crippen molar-refractivity contribution in [3.63, 3.8) is 0 Å². The van der Waals surface area contributed by atoms with Crippen molar-refractivity contribution in [2.24, 2.45) is 11.3 Å². The Morgan fingerprint density at radius 2 is 1.87 bits per heavy atom. The highest BCUT2D eigenvalue weighted by molar-refractivity contribution is 5.69. The molecule has 0 radical (unpaired) electrons. The molecule has 0 aliphatic rings. The molecule has 0 spiro atoms. The lowest BCUT2D eigenvalue weighted by molar-refractivity contribution is -0.146. The molecule has 0 rings (SSSR count). The normalized spacial score (nSPS) is 11.4. The van der Waals surface area contributed by atoms with Gasteiger partial charge in [-0.15, -0.1) is 0 Å². The van der Waals surface area contributed by atoms with Crippen molar-refractivity contribution >= 4 is 5.97 Å².